The molecule has 1 amide bonds. The number of halogens is 3. The van der Waals surface area contributed by atoms with Crippen molar-refractivity contribution in [3.8, 4) is 11.5 Å². The number of ether oxygens (including phenoxy) is 2. The van der Waals surface area contributed by atoms with Crippen molar-refractivity contribution in [2.45, 2.75) is 31.7 Å². The first-order valence-corrected chi connectivity index (χ1v) is 10.3. The van der Waals surface area contributed by atoms with Crippen molar-refractivity contribution in [1.82, 2.24) is 4.31 Å². The van der Waals surface area contributed by atoms with Gasteiger partial charge in [-0.3, -0.25) is 0 Å². The summed E-state index contributed by atoms with van der Waals surface area (Å²) in [6.07, 6.45) is -1.99. The number of rotatable bonds is 6. The van der Waals surface area contributed by atoms with Crippen molar-refractivity contribution in [1.29, 1.82) is 0 Å². The number of carboxylic acid groups (broad SMARTS) is 1. The van der Waals surface area contributed by atoms with Gasteiger partial charge in [-0.05, 0) is 17.5 Å². The average molecular weight is 461 g/mol. The molecule has 0 fully saturated rings. The van der Waals surface area contributed by atoms with Crippen LogP contribution in [-0.2, 0) is 10.0 Å². The Hall–Kier alpha value is -2.95. The van der Waals surface area contributed by atoms with Gasteiger partial charge < -0.3 is 14.6 Å². The van der Waals surface area contributed by atoms with E-state index in [4.69, 9.17) is 9.47 Å². The van der Waals surface area contributed by atoms with E-state index in [1.54, 1.807) is 20.8 Å². The van der Waals surface area contributed by atoms with E-state index in [1.165, 1.54) is 32.4 Å². The number of hydrogen-bond acceptors (Lipinski definition) is 5. The van der Waals surface area contributed by atoms with Crippen molar-refractivity contribution in [3.63, 3.8) is 0 Å². The Morgan fingerprint density at radius 3 is 2.00 bits per heavy atom. The molecule has 1 atom stereocenters. The Morgan fingerprint density at radius 1 is 1.03 bits per heavy atom. The quantitative estimate of drug-likeness (QED) is 0.677. The summed E-state index contributed by atoms with van der Waals surface area (Å²) in [7, 11) is -2.64. The predicted octanol–water partition coefficient (Wildman–Crippen LogP) is 4.58. The second-order valence-electron chi connectivity index (χ2n) is 7.66. The van der Waals surface area contributed by atoms with E-state index in [2.05, 4.69) is 0 Å². The summed E-state index contributed by atoms with van der Waals surface area (Å²) in [4.78, 5) is 10.6. The first kappa shape index (κ1) is 24.3. The zero-order valence-electron chi connectivity index (χ0n) is 17.4. The van der Waals surface area contributed by atoms with Gasteiger partial charge in [0.2, 0.25) is 0 Å². The van der Waals surface area contributed by atoms with Crippen molar-refractivity contribution in [2.75, 3.05) is 14.2 Å². The summed E-state index contributed by atoms with van der Waals surface area (Å²) >= 11 is 0. The summed E-state index contributed by atoms with van der Waals surface area (Å²) in [6.45, 7) is 4.64. The lowest BCUT2D eigenvalue weighted by molar-refractivity contribution is 0.127. The molecular formula is C20H22F3NO6S. The minimum Gasteiger partial charge on any atom is -0.497 e. The predicted molar refractivity (Wildman–Crippen MR) is 105 cm³/mol. The van der Waals surface area contributed by atoms with Gasteiger partial charge in [0.1, 0.15) is 29.0 Å². The maximum atomic E-state index is 14.3. The van der Waals surface area contributed by atoms with Crippen LogP contribution in [0.15, 0.2) is 35.2 Å². The van der Waals surface area contributed by atoms with Crippen LogP contribution >= 0.6 is 0 Å². The van der Waals surface area contributed by atoms with Crippen molar-refractivity contribution in [3.05, 3.63) is 53.3 Å². The number of carbonyl (C=O) groups is 1. The van der Waals surface area contributed by atoms with E-state index >= 15 is 0 Å². The zero-order valence-corrected chi connectivity index (χ0v) is 18.3. The van der Waals surface area contributed by atoms with E-state index in [9.17, 15) is 31.5 Å². The smallest absolute Gasteiger partial charge is 0.421 e. The normalized spacial score (nSPS) is 12.9. The molecule has 170 valence electrons. The highest BCUT2D eigenvalue weighted by molar-refractivity contribution is 7.89. The Balaban J connectivity index is 2.85. The van der Waals surface area contributed by atoms with Gasteiger partial charge in [-0.2, -0.15) is 4.31 Å². The molecular weight excluding hydrogens is 439 g/mol. The molecule has 0 radical (unpaired) electrons. The van der Waals surface area contributed by atoms with E-state index in [0.717, 1.165) is 0 Å². The molecule has 2 aromatic rings. The first-order chi connectivity index (χ1) is 14.2. The van der Waals surface area contributed by atoms with E-state index in [1.807, 2.05) is 0 Å². The van der Waals surface area contributed by atoms with Crippen LogP contribution in [0.25, 0.3) is 0 Å². The summed E-state index contributed by atoms with van der Waals surface area (Å²) in [5, 5.41) is 9.83. The molecule has 2 aromatic carbocycles. The second-order valence-corrected chi connectivity index (χ2v) is 9.41. The van der Waals surface area contributed by atoms with Crippen LogP contribution in [0, 0.1) is 22.9 Å². The lowest BCUT2D eigenvalue weighted by atomic mass is 9.82. The van der Waals surface area contributed by atoms with Crippen LogP contribution < -0.4 is 9.47 Å². The third kappa shape index (κ3) is 4.71. The molecule has 0 saturated heterocycles. The number of nitrogens with zero attached hydrogens (tertiary/aromatic N) is 1. The molecule has 2 rings (SSSR count). The highest BCUT2D eigenvalue weighted by atomic mass is 32.2. The fraction of sp³-hybridized carbons (Fsp3) is 0.350. The van der Waals surface area contributed by atoms with Crippen molar-refractivity contribution >= 4 is 16.1 Å². The van der Waals surface area contributed by atoms with Crippen LogP contribution in [0.3, 0.4) is 0 Å². The summed E-state index contributed by atoms with van der Waals surface area (Å²) in [5.41, 5.74) is -0.981. The number of benzene rings is 2. The van der Waals surface area contributed by atoms with Crippen LogP contribution in [0.4, 0.5) is 18.0 Å². The minimum absolute atomic E-state index is 0.0449. The fourth-order valence-electron chi connectivity index (χ4n) is 3.21. The third-order valence-electron chi connectivity index (χ3n) is 4.46. The van der Waals surface area contributed by atoms with Gasteiger partial charge in [0.15, 0.2) is 4.90 Å². The van der Waals surface area contributed by atoms with E-state index in [-0.39, 0.29) is 27.8 Å². The fourth-order valence-corrected chi connectivity index (χ4v) is 4.94. The first-order valence-electron chi connectivity index (χ1n) is 8.89. The number of amides is 1. The largest absolute Gasteiger partial charge is 0.497 e. The molecule has 0 heterocycles. The van der Waals surface area contributed by atoms with Gasteiger partial charge in [0.25, 0.3) is 10.0 Å². The number of hydrogen-bond donors (Lipinski definition) is 1. The molecule has 1 N–H and O–H groups in total. The lowest BCUT2D eigenvalue weighted by Crippen LogP contribution is -2.45. The molecule has 31 heavy (non-hydrogen) atoms. The second kappa shape index (κ2) is 8.66. The van der Waals surface area contributed by atoms with Gasteiger partial charge in [-0.15, -0.1) is 0 Å². The SMILES string of the molecule is COc1ccc(C(N(C(=O)O)S(=O)(=O)c2c(F)cc(F)cc2F)C(C)(C)C)c(OC)c1. The minimum atomic E-state index is -5.32. The third-order valence-corrected chi connectivity index (χ3v) is 6.25. The highest BCUT2D eigenvalue weighted by Crippen LogP contribution is 2.45. The molecule has 11 heteroatoms. The monoisotopic (exact) mass is 461 g/mol. The molecule has 0 aromatic heterocycles. The molecule has 0 aliphatic rings. The standard InChI is InChI=1S/C20H22F3NO6S/c1-20(2,3)18(13-7-6-12(29-4)10-16(13)30-5)24(19(25)26)31(27,28)17-14(22)8-11(21)9-15(17)23/h6-10,18H,1-5H3,(H,25,26). The van der Waals surface area contributed by atoms with E-state index in [0.29, 0.717) is 5.75 Å². The van der Waals surface area contributed by atoms with Crippen LogP contribution in [0.2, 0.25) is 0 Å². The molecule has 7 nitrogen and oxygen atoms in total. The van der Waals surface area contributed by atoms with Crippen molar-refractivity contribution < 1.29 is 41.0 Å². The molecule has 0 bridgehead atoms. The van der Waals surface area contributed by atoms with Gasteiger partial charge in [-0.25, -0.2) is 26.4 Å². The van der Waals surface area contributed by atoms with Crippen LogP contribution in [0.5, 0.6) is 11.5 Å². The number of sulfonamides is 1. The maximum absolute atomic E-state index is 14.3. The lowest BCUT2D eigenvalue weighted by Gasteiger charge is -2.38. The zero-order chi connectivity index (χ0) is 23.7. The molecule has 1 unspecified atom stereocenters. The highest BCUT2D eigenvalue weighted by Gasteiger charge is 2.46. The Kier molecular flexibility index (Phi) is 6.79. The van der Waals surface area contributed by atoms with Gasteiger partial charge in [-0.1, -0.05) is 20.8 Å². The maximum Gasteiger partial charge on any atom is 0.421 e. The van der Waals surface area contributed by atoms with Gasteiger partial charge >= 0.3 is 6.09 Å². The summed E-state index contributed by atoms with van der Waals surface area (Å²) < 4.78 is 78.7. The van der Waals surface area contributed by atoms with Crippen molar-refractivity contribution in [2.24, 2.45) is 5.41 Å². The topological polar surface area (TPSA) is 93.1 Å². The Labute approximate surface area is 178 Å². The van der Waals surface area contributed by atoms with Crippen LogP contribution in [0.1, 0.15) is 32.4 Å². The number of methoxy groups -OCH3 is 2. The summed E-state index contributed by atoms with van der Waals surface area (Å²) in [5.74, 6) is -4.40. The molecule has 0 aliphatic carbocycles. The Bertz CT molecular complexity index is 1080. The summed E-state index contributed by atoms with van der Waals surface area (Å²) in [6, 6.07) is 3.13. The van der Waals surface area contributed by atoms with E-state index < -0.39 is 49.9 Å². The van der Waals surface area contributed by atoms with Crippen LogP contribution in [-0.4, -0.2) is 38.1 Å². The average Bonchev–Trinajstić information content (AvgIpc) is 2.62. The molecule has 0 aliphatic heterocycles. The molecule has 0 saturated carbocycles. The Morgan fingerprint density at radius 2 is 1.58 bits per heavy atom. The molecule has 0 spiro atoms. The van der Waals surface area contributed by atoms with Gasteiger partial charge in [0, 0.05) is 23.8 Å². The van der Waals surface area contributed by atoms with Gasteiger partial charge in [0.05, 0.1) is 20.3 Å².